The first kappa shape index (κ1) is 15.2. The smallest absolute Gasteiger partial charge is 0.288 e. The summed E-state index contributed by atoms with van der Waals surface area (Å²) in [6.07, 6.45) is 0.327. The van der Waals surface area contributed by atoms with Gasteiger partial charge in [0.25, 0.3) is 11.8 Å². The quantitative estimate of drug-likeness (QED) is 0.578. The first-order chi connectivity index (χ1) is 10.8. The van der Waals surface area contributed by atoms with Crippen molar-refractivity contribution in [2.75, 3.05) is 4.72 Å². The molecule has 0 atom stereocenters. The van der Waals surface area contributed by atoms with Crippen LogP contribution in [0.5, 0.6) is 0 Å². The van der Waals surface area contributed by atoms with Crippen molar-refractivity contribution >= 4 is 27.8 Å². The maximum atomic E-state index is 11.9. The van der Waals surface area contributed by atoms with E-state index in [4.69, 9.17) is 4.55 Å². The summed E-state index contributed by atoms with van der Waals surface area (Å²) in [6, 6.07) is 12.2. The fraction of sp³-hybridized carbons (Fsp3) is 0.0667. The highest BCUT2D eigenvalue weighted by Gasteiger charge is 2.32. The summed E-state index contributed by atoms with van der Waals surface area (Å²) in [5.74, 6) is -1.30. The zero-order valence-electron chi connectivity index (χ0n) is 11.7. The van der Waals surface area contributed by atoms with Crippen molar-refractivity contribution in [2.45, 2.75) is 6.42 Å². The Morgan fingerprint density at radius 1 is 1.00 bits per heavy atom. The molecule has 2 aromatic rings. The van der Waals surface area contributed by atoms with Crippen LogP contribution >= 0.6 is 0 Å². The number of rotatable bonds is 4. The molecule has 2 amide bonds. The molecule has 0 unspecified atom stereocenters. The van der Waals surface area contributed by atoms with E-state index in [0.717, 1.165) is 5.56 Å². The van der Waals surface area contributed by atoms with E-state index in [0.29, 0.717) is 12.0 Å². The molecule has 0 saturated heterocycles. The lowest BCUT2D eigenvalue weighted by Gasteiger charge is -2.13. The summed E-state index contributed by atoms with van der Waals surface area (Å²) in [7, 11) is -4.60. The first-order valence-electron chi connectivity index (χ1n) is 6.66. The summed E-state index contributed by atoms with van der Waals surface area (Å²) >= 11 is 0. The molecule has 3 N–H and O–H groups in total. The maximum absolute atomic E-state index is 11.9. The van der Waals surface area contributed by atoms with E-state index >= 15 is 0 Å². The lowest BCUT2D eigenvalue weighted by Crippen LogP contribution is -2.21. The Bertz CT molecular complexity index is 907. The number of benzene rings is 2. The number of carbonyl (C=O) groups excluding carboxylic acids is 2. The van der Waals surface area contributed by atoms with Crippen LogP contribution < -0.4 is 10.0 Å². The first-order valence-corrected chi connectivity index (χ1v) is 8.10. The second-order valence-corrected chi connectivity index (χ2v) is 6.20. The second-order valence-electron chi connectivity index (χ2n) is 5.04. The highest BCUT2D eigenvalue weighted by molar-refractivity contribution is 7.87. The molecule has 0 saturated carbocycles. The number of amides is 2. The van der Waals surface area contributed by atoms with Gasteiger partial charge in [0.05, 0.1) is 16.8 Å². The fourth-order valence-corrected chi connectivity index (χ4v) is 3.00. The van der Waals surface area contributed by atoms with E-state index in [-0.39, 0.29) is 16.8 Å². The highest BCUT2D eigenvalue weighted by Crippen LogP contribution is 2.30. The number of imide groups is 1. The van der Waals surface area contributed by atoms with Crippen molar-refractivity contribution in [1.82, 2.24) is 5.32 Å². The SMILES string of the molecule is O=C1NC(=O)c2c1ccc(Cc1ccccc1)c2NS(=O)(=O)O. The molecule has 0 fully saturated rings. The highest BCUT2D eigenvalue weighted by atomic mass is 32.2. The normalized spacial score (nSPS) is 13.6. The lowest BCUT2D eigenvalue weighted by molar-refractivity contribution is 0.0880. The minimum Gasteiger partial charge on any atom is -0.288 e. The van der Waals surface area contributed by atoms with E-state index in [2.05, 4.69) is 5.32 Å². The Morgan fingerprint density at radius 2 is 1.70 bits per heavy atom. The molecule has 0 aromatic heterocycles. The second kappa shape index (κ2) is 5.49. The van der Waals surface area contributed by atoms with Gasteiger partial charge in [-0.1, -0.05) is 36.4 Å². The Labute approximate surface area is 132 Å². The van der Waals surface area contributed by atoms with Gasteiger partial charge in [0, 0.05) is 0 Å². The Hall–Kier alpha value is -2.71. The van der Waals surface area contributed by atoms with Crippen LogP contribution in [0.2, 0.25) is 0 Å². The van der Waals surface area contributed by atoms with Gasteiger partial charge in [0.2, 0.25) is 0 Å². The Morgan fingerprint density at radius 3 is 2.35 bits per heavy atom. The number of anilines is 1. The summed E-state index contributed by atoms with van der Waals surface area (Å²) in [5.41, 5.74) is 1.25. The number of fused-ring (bicyclic) bond motifs is 1. The summed E-state index contributed by atoms with van der Waals surface area (Å²) in [5, 5.41) is 2.11. The lowest BCUT2D eigenvalue weighted by atomic mass is 9.97. The number of nitrogens with one attached hydrogen (secondary N) is 2. The molecule has 118 valence electrons. The third kappa shape index (κ3) is 3.08. The van der Waals surface area contributed by atoms with Crippen molar-refractivity contribution in [3.8, 4) is 0 Å². The summed E-state index contributed by atoms with van der Waals surface area (Å²) in [6.45, 7) is 0. The van der Waals surface area contributed by atoms with Gasteiger partial charge >= 0.3 is 10.3 Å². The van der Waals surface area contributed by atoms with Gasteiger partial charge in [-0.15, -0.1) is 0 Å². The molecule has 0 aliphatic carbocycles. The van der Waals surface area contributed by atoms with Gasteiger partial charge in [-0.25, -0.2) is 0 Å². The van der Waals surface area contributed by atoms with E-state index in [1.807, 2.05) is 35.1 Å². The third-order valence-electron chi connectivity index (χ3n) is 3.46. The molecule has 0 bridgehead atoms. The fourth-order valence-electron chi connectivity index (χ4n) is 2.51. The average Bonchev–Trinajstić information content (AvgIpc) is 2.76. The molecule has 0 radical (unpaired) electrons. The van der Waals surface area contributed by atoms with Gasteiger partial charge in [0.15, 0.2) is 0 Å². The van der Waals surface area contributed by atoms with Gasteiger partial charge < -0.3 is 0 Å². The van der Waals surface area contributed by atoms with Gasteiger partial charge in [0.1, 0.15) is 0 Å². The molecule has 1 heterocycles. The topological polar surface area (TPSA) is 113 Å². The minimum absolute atomic E-state index is 0.0676. The van der Waals surface area contributed by atoms with Crippen molar-refractivity contribution < 1.29 is 22.6 Å². The van der Waals surface area contributed by atoms with Crippen LogP contribution in [-0.4, -0.2) is 24.8 Å². The predicted octanol–water partition coefficient (Wildman–Crippen LogP) is 1.38. The van der Waals surface area contributed by atoms with Gasteiger partial charge in [-0.2, -0.15) is 8.42 Å². The number of carbonyl (C=O) groups is 2. The monoisotopic (exact) mass is 332 g/mol. The average molecular weight is 332 g/mol. The van der Waals surface area contributed by atoms with Crippen LogP contribution in [-0.2, 0) is 16.7 Å². The summed E-state index contributed by atoms with van der Waals surface area (Å²) < 4.78 is 33.5. The third-order valence-corrected chi connectivity index (χ3v) is 3.92. The molecule has 1 aliphatic heterocycles. The standard InChI is InChI=1S/C15H12N2O5S/c18-14-11-7-6-10(8-9-4-2-1-3-5-9)13(17-23(20,21)22)12(11)15(19)16-14/h1-7,17H,8H2,(H,16,18,19)(H,20,21,22). The van der Waals surface area contributed by atoms with E-state index in [1.165, 1.54) is 6.07 Å². The van der Waals surface area contributed by atoms with Crippen LogP contribution in [0.4, 0.5) is 5.69 Å². The molecule has 3 rings (SSSR count). The van der Waals surface area contributed by atoms with Crippen LogP contribution in [0.25, 0.3) is 0 Å². The molecule has 7 nitrogen and oxygen atoms in total. The summed E-state index contributed by atoms with van der Waals surface area (Å²) in [4.78, 5) is 23.6. The van der Waals surface area contributed by atoms with E-state index < -0.39 is 22.1 Å². The van der Waals surface area contributed by atoms with Crippen LogP contribution in [0, 0.1) is 0 Å². The molecule has 1 aliphatic rings. The van der Waals surface area contributed by atoms with E-state index in [9.17, 15) is 18.0 Å². The molecule has 2 aromatic carbocycles. The Kier molecular flexibility index (Phi) is 3.63. The number of hydrogen-bond donors (Lipinski definition) is 3. The van der Waals surface area contributed by atoms with Crippen LogP contribution in [0.3, 0.4) is 0 Å². The van der Waals surface area contributed by atoms with Crippen LogP contribution in [0.1, 0.15) is 31.8 Å². The Balaban J connectivity index is 2.14. The van der Waals surface area contributed by atoms with Gasteiger partial charge in [-0.3, -0.25) is 24.2 Å². The van der Waals surface area contributed by atoms with Crippen molar-refractivity contribution in [3.05, 3.63) is 64.7 Å². The predicted molar refractivity (Wildman–Crippen MR) is 82.7 cm³/mol. The van der Waals surface area contributed by atoms with Crippen molar-refractivity contribution in [2.24, 2.45) is 0 Å². The molecule has 8 heteroatoms. The minimum atomic E-state index is -4.60. The zero-order valence-corrected chi connectivity index (χ0v) is 12.6. The van der Waals surface area contributed by atoms with E-state index in [1.54, 1.807) is 6.07 Å². The molecular formula is C15H12N2O5S. The largest absolute Gasteiger partial charge is 0.357 e. The van der Waals surface area contributed by atoms with Crippen molar-refractivity contribution in [3.63, 3.8) is 0 Å². The molecule has 0 spiro atoms. The molecule has 23 heavy (non-hydrogen) atoms. The number of hydrogen-bond acceptors (Lipinski definition) is 4. The maximum Gasteiger partial charge on any atom is 0.357 e. The van der Waals surface area contributed by atoms with Crippen LogP contribution in [0.15, 0.2) is 42.5 Å². The van der Waals surface area contributed by atoms with Gasteiger partial charge in [-0.05, 0) is 23.6 Å². The zero-order chi connectivity index (χ0) is 16.6. The van der Waals surface area contributed by atoms with Crippen molar-refractivity contribution in [1.29, 1.82) is 0 Å². The molecular weight excluding hydrogens is 320 g/mol.